The molecule has 0 saturated carbocycles. The number of amides is 2. The lowest BCUT2D eigenvalue weighted by atomic mass is 10.0. The maximum atomic E-state index is 12.4. The molecular weight excluding hydrogens is 408 g/mol. The second-order valence-corrected chi connectivity index (χ2v) is 8.51. The standard InChI is InChI=1S/C24H26N4O2S/c29-22(27-24-26-21(17-31-24)16-28-13-5-2-6-14-28)15-25-23(30)20-11-9-19(10-12-20)18-7-3-1-4-8-18/h1,3-4,7-12,17H,2,5-6,13-16H2,(H,25,30)(H,26,27,29). The highest BCUT2D eigenvalue weighted by molar-refractivity contribution is 7.13. The number of aromatic nitrogens is 1. The molecule has 1 fully saturated rings. The number of nitrogens with one attached hydrogen (secondary N) is 2. The second-order valence-electron chi connectivity index (χ2n) is 7.66. The van der Waals surface area contributed by atoms with E-state index in [0.717, 1.165) is 36.5 Å². The largest absolute Gasteiger partial charge is 0.343 e. The van der Waals surface area contributed by atoms with Crippen LogP contribution in [0.1, 0.15) is 35.3 Å². The van der Waals surface area contributed by atoms with Crippen molar-refractivity contribution >= 4 is 28.3 Å². The van der Waals surface area contributed by atoms with Gasteiger partial charge in [0, 0.05) is 17.5 Å². The molecule has 0 spiro atoms. The fourth-order valence-electron chi connectivity index (χ4n) is 3.65. The number of carbonyl (C=O) groups excluding carboxylic acids is 2. The lowest BCUT2D eigenvalue weighted by Crippen LogP contribution is -2.32. The van der Waals surface area contributed by atoms with Crippen molar-refractivity contribution in [3.8, 4) is 11.1 Å². The van der Waals surface area contributed by atoms with Crippen LogP contribution in [-0.4, -0.2) is 41.3 Å². The number of hydrogen-bond donors (Lipinski definition) is 2. The van der Waals surface area contributed by atoms with Gasteiger partial charge in [-0.15, -0.1) is 11.3 Å². The fourth-order valence-corrected chi connectivity index (χ4v) is 4.37. The highest BCUT2D eigenvalue weighted by Crippen LogP contribution is 2.20. The molecule has 2 N–H and O–H groups in total. The molecule has 160 valence electrons. The van der Waals surface area contributed by atoms with Crippen molar-refractivity contribution < 1.29 is 9.59 Å². The molecular formula is C24H26N4O2S. The Morgan fingerprint density at radius 3 is 2.39 bits per heavy atom. The summed E-state index contributed by atoms with van der Waals surface area (Å²) in [7, 11) is 0. The van der Waals surface area contributed by atoms with E-state index in [9.17, 15) is 9.59 Å². The highest BCUT2D eigenvalue weighted by Gasteiger charge is 2.14. The average molecular weight is 435 g/mol. The monoisotopic (exact) mass is 434 g/mol. The van der Waals surface area contributed by atoms with Crippen molar-refractivity contribution in [1.29, 1.82) is 0 Å². The Kier molecular flexibility index (Phi) is 7.07. The van der Waals surface area contributed by atoms with Crippen LogP contribution in [0.2, 0.25) is 0 Å². The summed E-state index contributed by atoms with van der Waals surface area (Å²) in [5, 5.41) is 7.99. The SMILES string of the molecule is O=C(CNC(=O)c1ccc(-c2ccccc2)cc1)Nc1nc(CN2CCCCC2)cs1. The van der Waals surface area contributed by atoms with Gasteiger partial charge >= 0.3 is 0 Å². The number of hydrogen-bond acceptors (Lipinski definition) is 5. The van der Waals surface area contributed by atoms with E-state index >= 15 is 0 Å². The molecule has 0 unspecified atom stereocenters. The van der Waals surface area contributed by atoms with E-state index in [0.29, 0.717) is 10.7 Å². The van der Waals surface area contributed by atoms with Gasteiger partial charge in [0.1, 0.15) is 0 Å². The van der Waals surface area contributed by atoms with E-state index in [1.54, 1.807) is 12.1 Å². The molecule has 1 aliphatic rings. The Morgan fingerprint density at radius 2 is 1.65 bits per heavy atom. The minimum Gasteiger partial charge on any atom is -0.343 e. The van der Waals surface area contributed by atoms with Crippen LogP contribution < -0.4 is 10.6 Å². The molecule has 31 heavy (non-hydrogen) atoms. The normalized spacial score (nSPS) is 14.2. The van der Waals surface area contributed by atoms with Crippen molar-refractivity contribution in [1.82, 2.24) is 15.2 Å². The third-order valence-electron chi connectivity index (χ3n) is 5.30. The molecule has 4 rings (SSSR count). The number of nitrogens with zero attached hydrogens (tertiary/aromatic N) is 2. The van der Waals surface area contributed by atoms with E-state index < -0.39 is 0 Å². The first-order valence-corrected chi connectivity index (χ1v) is 11.5. The van der Waals surface area contributed by atoms with Gasteiger partial charge in [0.2, 0.25) is 5.91 Å². The van der Waals surface area contributed by atoms with E-state index in [-0.39, 0.29) is 18.4 Å². The van der Waals surface area contributed by atoms with Gasteiger partial charge in [0.15, 0.2) is 5.13 Å². The van der Waals surface area contributed by atoms with Crippen molar-refractivity contribution in [3.05, 3.63) is 71.2 Å². The van der Waals surface area contributed by atoms with Gasteiger partial charge in [-0.05, 0) is 49.2 Å². The molecule has 7 heteroatoms. The summed E-state index contributed by atoms with van der Waals surface area (Å²) in [6.07, 6.45) is 3.78. The number of benzene rings is 2. The molecule has 3 aromatic rings. The molecule has 0 atom stereocenters. The molecule has 2 aromatic carbocycles. The third-order valence-corrected chi connectivity index (χ3v) is 6.10. The van der Waals surface area contributed by atoms with Gasteiger partial charge in [-0.3, -0.25) is 14.5 Å². The lowest BCUT2D eigenvalue weighted by Gasteiger charge is -2.25. The van der Waals surface area contributed by atoms with Gasteiger partial charge in [-0.1, -0.05) is 48.9 Å². The minimum atomic E-state index is -0.284. The van der Waals surface area contributed by atoms with Crippen LogP contribution in [0.4, 0.5) is 5.13 Å². The van der Waals surface area contributed by atoms with Crippen molar-refractivity contribution in [2.45, 2.75) is 25.8 Å². The Labute approximate surface area is 186 Å². The Hall–Kier alpha value is -3.03. The molecule has 2 amide bonds. The quantitative estimate of drug-likeness (QED) is 0.585. The van der Waals surface area contributed by atoms with Crippen LogP contribution in [0.5, 0.6) is 0 Å². The second kappa shape index (κ2) is 10.3. The summed E-state index contributed by atoms with van der Waals surface area (Å²) >= 11 is 1.41. The number of piperidine rings is 1. The zero-order valence-corrected chi connectivity index (χ0v) is 18.2. The minimum absolute atomic E-state index is 0.0969. The molecule has 1 aliphatic heterocycles. The molecule has 0 bridgehead atoms. The van der Waals surface area contributed by atoms with Crippen LogP contribution in [0, 0.1) is 0 Å². The van der Waals surface area contributed by atoms with Crippen LogP contribution in [0.15, 0.2) is 60.0 Å². The van der Waals surface area contributed by atoms with E-state index in [1.165, 1.54) is 30.6 Å². The Morgan fingerprint density at radius 1 is 0.935 bits per heavy atom. The van der Waals surface area contributed by atoms with Gasteiger partial charge < -0.3 is 10.6 Å². The maximum Gasteiger partial charge on any atom is 0.251 e. The van der Waals surface area contributed by atoms with Crippen LogP contribution >= 0.6 is 11.3 Å². The predicted octanol–water partition coefficient (Wildman–Crippen LogP) is 4.16. The van der Waals surface area contributed by atoms with Gasteiger partial charge in [0.25, 0.3) is 5.91 Å². The van der Waals surface area contributed by atoms with Crippen molar-refractivity contribution in [2.75, 3.05) is 25.0 Å². The predicted molar refractivity (Wildman–Crippen MR) is 124 cm³/mol. The third kappa shape index (κ3) is 5.99. The van der Waals surface area contributed by atoms with E-state index in [4.69, 9.17) is 0 Å². The van der Waals surface area contributed by atoms with Crippen LogP contribution in [0.25, 0.3) is 11.1 Å². The maximum absolute atomic E-state index is 12.4. The molecule has 6 nitrogen and oxygen atoms in total. The lowest BCUT2D eigenvalue weighted by molar-refractivity contribution is -0.115. The van der Waals surface area contributed by atoms with Gasteiger partial charge in [0.05, 0.1) is 12.2 Å². The van der Waals surface area contributed by atoms with Crippen LogP contribution in [-0.2, 0) is 11.3 Å². The summed E-state index contributed by atoms with van der Waals surface area (Å²) in [6, 6.07) is 17.3. The van der Waals surface area contributed by atoms with E-state index in [1.807, 2.05) is 47.8 Å². The Bertz CT molecular complexity index is 1010. The summed E-state index contributed by atoms with van der Waals surface area (Å²) < 4.78 is 0. The smallest absolute Gasteiger partial charge is 0.251 e. The summed E-state index contributed by atoms with van der Waals surface area (Å²) in [6.45, 7) is 2.94. The number of anilines is 1. The van der Waals surface area contributed by atoms with Crippen molar-refractivity contribution in [2.24, 2.45) is 0 Å². The van der Waals surface area contributed by atoms with Crippen LogP contribution in [0.3, 0.4) is 0 Å². The first-order valence-electron chi connectivity index (χ1n) is 10.6. The zero-order valence-electron chi connectivity index (χ0n) is 17.3. The number of thiazole rings is 1. The number of likely N-dealkylation sites (tertiary alicyclic amines) is 1. The zero-order chi connectivity index (χ0) is 21.5. The molecule has 0 aliphatic carbocycles. The summed E-state index contributed by atoms with van der Waals surface area (Å²) in [5.41, 5.74) is 3.63. The molecule has 0 radical (unpaired) electrons. The molecule has 2 heterocycles. The highest BCUT2D eigenvalue weighted by atomic mass is 32.1. The Balaban J connectivity index is 1.24. The number of carbonyl (C=O) groups is 2. The summed E-state index contributed by atoms with van der Waals surface area (Å²) in [5.74, 6) is -0.562. The first kappa shape index (κ1) is 21.2. The van der Waals surface area contributed by atoms with E-state index in [2.05, 4.69) is 20.5 Å². The van der Waals surface area contributed by atoms with Gasteiger partial charge in [-0.25, -0.2) is 4.98 Å². The molecule has 1 saturated heterocycles. The van der Waals surface area contributed by atoms with Crippen molar-refractivity contribution in [3.63, 3.8) is 0 Å². The first-order chi connectivity index (χ1) is 15.2. The summed E-state index contributed by atoms with van der Waals surface area (Å²) in [4.78, 5) is 31.5. The van der Waals surface area contributed by atoms with Gasteiger partial charge in [-0.2, -0.15) is 0 Å². The fraction of sp³-hybridized carbons (Fsp3) is 0.292. The average Bonchev–Trinajstić information content (AvgIpc) is 3.25. The topological polar surface area (TPSA) is 74.3 Å². The molecule has 1 aromatic heterocycles. The number of rotatable bonds is 7.